The lowest BCUT2D eigenvalue weighted by Gasteiger charge is -1.98. The highest BCUT2D eigenvalue weighted by Gasteiger charge is 2.00. The molecule has 0 unspecified atom stereocenters. The number of aliphatic hydroxyl groups is 1. The molecule has 2 heterocycles. The molecule has 0 aliphatic heterocycles. The molecule has 0 aliphatic carbocycles. The summed E-state index contributed by atoms with van der Waals surface area (Å²) in [6.07, 6.45) is 6.22. The fraction of sp³-hybridized carbons (Fsp3) is 0.500. The molecular weight excluding hydrogens is 220 g/mol. The molecule has 7 nitrogen and oxygen atoms in total. The van der Waals surface area contributed by atoms with Gasteiger partial charge in [-0.3, -0.25) is 9.78 Å². The van der Waals surface area contributed by atoms with Crippen molar-refractivity contribution in [1.82, 2.24) is 30.5 Å². The number of nitrogens with zero attached hydrogens (tertiary/aromatic N) is 4. The average Bonchev–Trinajstić information content (AvgIpc) is 2.98. The van der Waals surface area contributed by atoms with Gasteiger partial charge in [0.25, 0.3) is 0 Å². The van der Waals surface area contributed by atoms with Crippen molar-refractivity contribution in [3.05, 3.63) is 29.8 Å². The number of aryl methyl sites for hydroxylation is 1. The maximum Gasteiger partial charge on any atom is 0.0964 e. The molecule has 7 heteroatoms. The average molecular weight is 236 g/mol. The summed E-state index contributed by atoms with van der Waals surface area (Å²) < 4.78 is 1.74. The molecule has 0 atom stereocenters. The van der Waals surface area contributed by atoms with E-state index in [-0.39, 0.29) is 6.61 Å². The van der Waals surface area contributed by atoms with Gasteiger partial charge in [-0.25, -0.2) is 0 Å². The molecule has 0 aromatic carbocycles. The Balaban J connectivity index is 1.73. The lowest BCUT2D eigenvalue weighted by Crippen LogP contribution is -2.12. The number of hydrogen-bond donors (Lipinski definition) is 3. The second kappa shape index (κ2) is 6.12. The van der Waals surface area contributed by atoms with Crippen molar-refractivity contribution in [2.24, 2.45) is 0 Å². The predicted molar refractivity (Wildman–Crippen MR) is 60.9 cm³/mol. The van der Waals surface area contributed by atoms with Crippen LogP contribution in [0.4, 0.5) is 0 Å². The Morgan fingerprint density at radius 2 is 2.35 bits per heavy atom. The predicted octanol–water partition coefficient (Wildman–Crippen LogP) is -0.327. The molecule has 2 rings (SSSR count). The third-order valence-electron chi connectivity index (χ3n) is 2.32. The molecule has 0 saturated carbocycles. The van der Waals surface area contributed by atoms with Crippen molar-refractivity contribution in [3.63, 3.8) is 0 Å². The van der Waals surface area contributed by atoms with E-state index in [2.05, 4.69) is 25.8 Å². The van der Waals surface area contributed by atoms with E-state index in [1.54, 1.807) is 10.9 Å². The van der Waals surface area contributed by atoms with E-state index in [0.29, 0.717) is 19.5 Å². The van der Waals surface area contributed by atoms with Gasteiger partial charge < -0.3 is 10.4 Å². The highest BCUT2D eigenvalue weighted by atomic mass is 16.3. The fourth-order valence-corrected chi connectivity index (χ4v) is 1.47. The SMILES string of the molecule is OCCCn1cc(CNCc2cn[nH]c2)nn1. The van der Waals surface area contributed by atoms with Gasteiger partial charge in [-0.05, 0) is 6.42 Å². The zero-order valence-corrected chi connectivity index (χ0v) is 9.50. The standard InChI is InChI=1S/C10H16N6O/c17-3-1-2-16-8-10(14-15-16)7-11-4-9-5-12-13-6-9/h5-6,8,11,17H,1-4,7H2,(H,12,13). The summed E-state index contributed by atoms with van der Waals surface area (Å²) in [5.74, 6) is 0. The van der Waals surface area contributed by atoms with Crippen LogP contribution in [0.2, 0.25) is 0 Å². The van der Waals surface area contributed by atoms with Gasteiger partial charge in [-0.2, -0.15) is 5.10 Å². The van der Waals surface area contributed by atoms with Crippen molar-refractivity contribution < 1.29 is 5.11 Å². The van der Waals surface area contributed by atoms with Crippen molar-refractivity contribution >= 4 is 0 Å². The molecule has 2 aromatic heterocycles. The first-order chi connectivity index (χ1) is 8.38. The Kier molecular flexibility index (Phi) is 4.23. The second-order valence-electron chi connectivity index (χ2n) is 3.76. The first kappa shape index (κ1) is 11.7. The topological polar surface area (TPSA) is 91.7 Å². The van der Waals surface area contributed by atoms with Gasteiger partial charge in [-0.1, -0.05) is 5.21 Å². The van der Waals surface area contributed by atoms with Crippen LogP contribution >= 0.6 is 0 Å². The Morgan fingerprint density at radius 1 is 1.41 bits per heavy atom. The molecular formula is C10H16N6O. The Hall–Kier alpha value is -1.73. The lowest BCUT2D eigenvalue weighted by atomic mass is 10.3. The van der Waals surface area contributed by atoms with Gasteiger partial charge in [0, 0.05) is 44.2 Å². The largest absolute Gasteiger partial charge is 0.396 e. The third kappa shape index (κ3) is 3.65. The maximum atomic E-state index is 8.70. The van der Waals surface area contributed by atoms with Gasteiger partial charge in [-0.15, -0.1) is 5.10 Å². The molecule has 0 aliphatic rings. The highest BCUT2D eigenvalue weighted by Crippen LogP contribution is 1.96. The van der Waals surface area contributed by atoms with Crippen LogP contribution in [0.5, 0.6) is 0 Å². The van der Waals surface area contributed by atoms with Crippen molar-refractivity contribution in [2.45, 2.75) is 26.1 Å². The summed E-state index contributed by atoms with van der Waals surface area (Å²) in [6.45, 7) is 2.30. The summed E-state index contributed by atoms with van der Waals surface area (Å²) >= 11 is 0. The molecule has 0 spiro atoms. The minimum Gasteiger partial charge on any atom is -0.396 e. The van der Waals surface area contributed by atoms with Gasteiger partial charge in [0.05, 0.1) is 11.9 Å². The van der Waals surface area contributed by atoms with Crippen LogP contribution in [0, 0.1) is 0 Å². The number of hydrogen-bond acceptors (Lipinski definition) is 5. The summed E-state index contributed by atoms with van der Waals surface area (Å²) in [4.78, 5) is 0. The van der Waals surface area contributed by atoms with Gasteiger partial charge in [0.2, 0.25) is 0 Å². The zero-order chi connectivity index (χ0) is 11.9. The maximum absolute atomic E-state index is 8.70. The summed E-state index contributed by atoms with van der Waals surface area (Å²) in [5, 5.41) is 26.6. The Morgan fingerprint density at radius 3 is 3.12 bits per heavy atom. The van der Waals surface area contributed by atoms with Crippen LogP contribution < -0.4 is 5.32 Å². The molecule has 2 aromatic rings. The van der Waals surface area contributed by atoms with Crippen LogP contribution in [0.1, 0.15) is 17.7 Å². The second-order valence-corrected chi connectivity index (χ2v) is 3.76. The minimum absolute atomic E-state index is 0.175. The summed E-state index contributed by atoms with van der Waals surface area (Å²) in [7, 11) is 0. The molecule has 0 radical (unpaired) electrons. The smallest absolute Gasteiger partial charge is 0.0964 e. The Labute approximate surface area is 98.8 Å². The number of aromatic nitrogens is 5. The van der Waals surface area contributed by atoms with Crippen molar-refractivity contribution in [3.8, 4) is 0 Å². The van der Waals surface area contributed by atoms with E-state index in [1.165, 1.54) is 0 Å². The Bertz CT molecular complexity index is 424. The molecule has 17 heavy (non-hydrogen) atoms. The van der Waals surface area contributed by atoms with Crippen LogP contribution in [0.3, 0.4) is 0 Å². The number of rotatable bonds is 7. The first-order valence-corrected chi connectivity index (χ1v) is 5.56. The van der Waals surface area contributed by atoms with Crippen molar-refractivity contribution in [1.29, 1.82) is 0 Å². The monoisotopic (exact) mass is 236 g/mol. The molecule has 92 valence electrons. The van der Waals surface area contributed by atoms with E-state index in [0.717, 1.165) is 17.8 Å². The molecule has 3 N–H and O–H groups in total. The number of aromatic amines is 1. The fourth-order valence-electron chi connectivity index (χ4n) is 1.47. The molecule has 0 bridgehead atoms. The third-order valence-corrected chi connectivity index (χ3v) is 2.32. The minimum atomic E-state index is 0.175. The van der Waals surface area contributed by atoms with Crippen LogP contribution in [-0.2, 0) is 19.6 Å². The van der Waals surface area contributed by atoms with Gasteiger partial charge >= 0.3 is 0 Å². The van der Waals surface area contributed by atoms with Gasteiger partial charge in [0.1, 0.15) is 0 Å². The lowest BCUT2D eigenvalue weighted by molar-refractivity contribution is 0.276. The zero-order valence-electron chi connectivity index (χ0n) is 9.50. The quantitative estimate of drug-likeness (QED) is 0.612. The van der Waals surface area contributed by atoms with E-state index in [9.17, 15) is 0 Å². The van der Waals surface area contributed by atoms with Gasteiger partial charge in [0.15, 0.2) is 0 Å². The highest BCUT2D eigenvalue weighted by molar-refractivity contribution is 5.02. The number of nitrogens with one attached hydrogen (secondary N) is 2. The summed E-state index contributed by atoms with van der Waals surface area (Å²) in [6, 6.07) is 0. The van der Waals surface area contributed by atoms with Crippen LogP contribution in [-0.4, -0.2) is 36.9 Å². The van der Waals surface area contributed by atoms with E-state index in [4.69, 9.17) is 5.11 Å². The number of H-pyrrole nitrogens is 1. The van der Waals surface area contributed by atoms with Crippen LogP contribution in [0.15, 0.2) is 18.6 Å². The van der Waals surface area contributed by atoms with Crippen molar-refractivity contribution in [2.75, 3.05) is 6.61 Å². The molecule has 0 amide bonds. The van der Waals surface area contributed by atoms with E-state index in [1.807, 2.05) is 12.4 Å². The number of aliphatic hydroxyl groups excluding tert-OH is 1. The molecule has 0 saturated heterocycles. The normalized spacial score (nSPS) is 10.9. The van der Waals surface area contributed by atoms with E-state index < -0.39 is 0 Å². The van der Waals surface area contributed by atoms with Crippen LogP contribution in [0.25, 0.3) is 0 Å². The molecule has 0 fully saturated rings. The summed E-state index contributed by atoms with van der Waals surface area (Å²) in [5.41, 5.74) is 2.00. The van der Waals surface area contributed by atoms with E-state index >= 15 is 0 Å². The first-order valence-electron chi connectivity index (χ1n) is 5.56.